The second-order valence-electron chi connectivity index (χ2n) is 19.1. The summed E-state index contributed by atoms with van der Waals surface area (Å²) in [6.07, 6.45) is -0.165. The van der Waals surface area contributed by atoms with Gasteiger partial charge >= 0.3 is 24.4 Å². The molecular formula is C47H60FN9O10. The third-order valence-electron chi connectivity index (χ3n) is 8.43. The van der Waals surface area contributed by atoms with Crippen LogP contribution < -0.4 is 26.6 Å². The van der Waals surface area contributed by atoms with Crippen LogP contribution in [-0.4, -0.2) is 93.5 Å². The van der Waals surface area contributed by atoms with E-state index in [4.69, 9.17) is 18.9 Å². The predicted octanol–water partition coefficient (Wildman–Crippen LogP) is 8.54. The average molecular weight is 930 g/mol. The van der Waals surface area contributed by atoms with Gasteiger partial charge in [0.05, 0.1) is 5.56 Å². The first-order valence-electron chi connectivity index (χ1n) is 21.3. The zero-order valence-electron chi connectivity index (χ0n) is 39.9. The number of ether oxygens (including phenoxy) is 4. The third-order valence-corrected chi connectivity index (χ3v) is 8.43. The van der Waals surface area contributed by atoms with Gasteiger partial charge in [-0.2, -0.15) is 0 Å². The highest BCUT2D eigenvalue weighted by molar-refractivity contribution is 6.06. The molecule has 360 valence electrons. The fourth-order valence-electron chi connectivity index (χ4n) is 5.74. The van der Waals surface area contributed by atoms with Gasteiger partial charge in [0.25, 0.3) is 11.8 Å². The second-order valence-corrected chi connectivity index (χ2v) is 19.1. The minimum atomic E-state index is -0.921. The first-order chi connectivity index (χ1) is 31.0. The van der Waals surface area contributed by atoms with Gasteiger partial charge in [0.2, 0.25) is 11.9 Å². The zero-order chi connectivity index (χ0) is 49.9. The van der Waals surface area contributed by atoms with Gasteiger partial charge in [0.1, 0.15) is 33.9 Å². The molecule has 1 aliphatic rings. The summed E-state index contributed by atoms with van der Waals surface area (Å²) < 4.78 is 36.7. The van der Waals surface area contributed by atoms with E-state index in [9.17, 15) is 28.8 Å². The van der Waals surface area contributed by atoms with E-state index in [0.717, 1.165) is 0 Å². The summed E-state index contributed by atoms with van der Waals surface area (Å²) in [5.74, 6) is -1.98. The summed E-state index contributed by atoms with van der Waals surface area (Å²) in [5.41, 5.74) is -0.798. The van der Waals surface area contributed by atoms with Crippen LogP contribution in [0.4, 0.5) is 34.9 Å². The number of hydrogen-bond donors (Lipinski definition) is 5. The summed E-state index contributed by atoms with van der Waals surface area (Å²) >= 11 is 0. The number of nitrogens with zero attached hydrogens (tertiary/aromatic N) is 4. The Kier molecular flexibility index (Phi) is 17.0. The Balaban J connectivity index is 1.34. The molecule has 1 aliphatic heterocycles. The van der Waals surface area contributed by atoms with Crippen molar-refractivity contribution < 1.29 is 52.1 Å². The lowest BCUT2D eigenvalue weighted by molar-refractivity contribution is 0.0539. The highest BCUT2D eigenvalue weighted by atomic mass is 19.1. The lowest BCUT2D eigenvalue weighted by Gasteiger charge is -2.30. The topological polar surface area (TPSA) is 240 Å². The lowest BCUT2D eigenvalue weighted by Crippen LogP contribution is -2.48. The van der Waals surface area contributed by atoms with Crippen LogP contribution in [0.2, 0.25) is 0 Å². The lowest BCUT2D eigenvalue weighted by atomic mass is 9.98. The minimum Gasteiger partial charge on any atom is -0.444 e. The zero-order valence-corrected chi connectivity index (χ0v) is 39.9. The minimum absolute atomic E-state index is 0.0251. The molecule has 2 aromatic carbocycles. The second kappa shape index (κ2) is 21.7. The van der Waals surface area contributed by atoms with Gasteiger partial charge in [0, 0.05) is 42.8 Å². The predicted molar refractivity (Wildman–Crippen MR) is 250 cm³/mol. The number of halogens is 1. The molecule has 0 saturated heterocycles. The van der Waals surface area contributed by atoms with Crippen molar-refractivity contribution in [3.05, 3.63) is 95.1 Å². The Labute approximate surface area is 389 Å². The number of aromatic nitrogens is 1. The van der Waals surface area contributed by atoms with Gasteiger partial charge in [-0.15, -0.1) is 9.98 Å². The van der Waals surface area contributed by atoms with Crippen molar-refractivity contribution in [1.29, 1.82) is 0 Å². The number of nitrogens with one attached hydrogen (secondary N) is 5. The molecule has 0 aliphatic carbocycles. The number of hydrogen-bond acceptors (Lipinski definition) is 11. The van der Waals surface area contributed by atoms with Crippen molar-refractivity contribution in [3.63, 3.8) is 0 Å². The molecule has 19 nitrogen and oxygen atoms in total. The van der Waals surface area contributed by atoms with Crippen LogP contribution in [0.25, 0.3) is 5.57 Å². The maximum atomic E-state index is 15.5. The van der Waals surface area contributed by atoms with E-state index in [1.165, 1.54) is 30.5 Å². The van der Waals surface area contributed by atoms with Crippen LogP contribution in [-0.2, 0) is 25.5 Å². The highest BCUT2D eigenvalue weighted by Crippen LogP contribution is 2.27. The molecule has 0 bridgehead atoms. The van der Waals surface area contributed by atoms with Gasteiger partial charge in [0.15, 0.2) is 0 Å². The molecule has 1 aromatic heterocycles. The van der Waals surface area contributed by atoms with Crippen LogP contribution in [0.15, 0.2) is 76.9 Å². The molecule has 0 radical (unpaired) electrons. The quantitative estimate of drug-likeness (QED) is 0.0849. The smallest absolute Gasteiger partial charge is 0.437 e. The van der Waals surface area contributed by atoms with Crippen LogP contribution >= 0.6 is 0 Å². The maximum Gasteiger partial charge on any atom is 0.437 e. The number of aliphatic imine (C=N–C) groups is 2. The SMILES string of the molecule is CC(C)(C)OC(=O)/N=C(/NC(=O)OC(C)(C)C)N1CC=C(c2ccc(NC(=O)c3ccc(C(=O)Nc4ccc(CN/C(=N\C(=O)OC(C)(C)C)NC(=O)OC(C)(C)C)cc4)nc3)cc2F)CC1. The van der Waals surface area contributed by atoms with E-state index in [2.05, 4.69) is 41.6 Å². The number of guanidine groups is 2. The summed E-state index contributed by atoms with van der Waals surface area (Å²) in [4.78, 5) is 89.6. The highest BCUT2D eigenvalue weighted by Gasteiger charge is 2.26. The Morgan fingerprint density at radius 1 is 0.672 bits per heavy atom. The molecule has 3 aromatic rings. The summed E-state index contributed by atoms with van der Waals surface area (Å²) in [6, 6.07) is 13.7. The van der Waals surface area contributed by atoms with Gasteiger partial charge in [-0.05, 0) is 143 Å². The molecule has 0 saturated carbocycles. The number of anilines is 2. The van der Waals surface area contributed by atoms with Gasteiger partial charge in [-0.3, -0.25) is 25.2 Å². The van der Waals surface area contributed by atoms with Crippen molar-refractivity contribution in [3.8, 4) is 0 Å². The van der Waals surface area contributed by atoms with Gasteiger partial charge in [-0.25, -0.2) is 23.6 Å². The van der Waals surface area contributed by atoms with Crippen LogP contribution in [0.3, 0.4) is 0 Å². The molecule has 67 heavy (non-hydrogen) atoms. The summed E-state index contributed by atoms with van der Waals surface area (Å²) in [7, 11) is 0. The molecule has 6 amide bonds. The number of alkyl carbamates (subject to hydrolysis) is 2. The van der Waals surface area contributed by atoms with E-state index < -0.39 is 64.4 Å². The van der Waals surface area contributed by atoms with Crippen molar-refractivity contribution in [2.45, 2.75) is 118 Å². The number of carbonyl (C=O) groups excluding carboxylic acids is 6. The molecule has 4 rings (SSSR count). The van der Waals surface area contributed by atoms with Crippen molar-refractivity contribution in [1.82, 2.24) is 25.8 Å². The maximum absolute atomic E-state index is 15.5. The monoisotopic (exact) mass is 929 g/mol. The van der Waals surface area contributed by atoms with E-state index in [1.54, 1.807) is 124 Å². The number of pyridine rings is 1. The molecular weight excluding hydrogens is 870 g/mol. The largest absolute Gasteiger partial charge is 0.444 e. The standard InChI is InChI=1S/C47H60FN9O10/c1-44(2,3)64-40(60)53-38(54-41(61)65-45(4,5)6)50-26-28-13-16-31(17-14-28)51-37(59)35-20-15-30(27-49-35)36(58)52-32-18-19-33(34(48)25-32)29-21-23-57(24-22-29)39(55-42(62)66-46(7,8)9)56-43(63)67-47(10,11)12/h13-21,25,27H,22-24,26H2,1-12H3,(H,51,59)(H,52,58)(H,55,56,62,63)(H2,50,53,54,60,61). The Hall–Kier alpha value is -7.38. The fourth-order valence-corrected chi connectivity index (χ4v) is 5.74. The Morgan fingerprint density at radius 3 is 1.75 bits per heavy atom. The molecule has 20 heteroatoms. The van der Waals surface area contributed by atoms with Crippen LogP contribution in [0.1, 0.15) is 121 Å². The third kappa shape index (κ3) is 18.6. The number of benzene rings is 2. The van der Waals surface area contributed by atoms with Crippen molar-refractivity contribution in [2.24, 2.45) is 9.98 Å². The Morgan fingerprint density at radius 2 is 1.22 bits per heavy atom. The average Bonchev–Trinajstić information content (AvgIpc) is 3.17. The molecule has 0 fully saturated rings. The first-order valence-corrected chi connectivity index (χ1v) is 21.3. The molecule has 5 N–H and O–H groups in total. The molecule has 0 atom stereocenters. The van der Waals surface area contributed by atoms with Crippen LogP contribution in [0.5, 0.6) is 0 Å². The fraction of sp³-hybridized carbons (Fsp3) is 0.426. The van der Waals surface area contributed by atoms with E-state index >= 15 is 4.39 Å². The molecule has 2 heterocycles. The Bertz CT molecular complexity index is 2410. The van der Waals surface area contributed by atoms with E-state index in [1.807, 2.05) is 0 Å². The number of amides is 6. The van der Waals surface area contributed by atoms with Gasteiger partial charge in [-0.1, -0.05) is 18.2 Å². The molecule has 0 unspecified atom stereocenters. The summed E-state index contributed by atoms with van der Waals surface area (Å²) in [5, 5.41) is 13.2. The summed E-state index contributed by atoms with van der Waals surface area (Å²) in [6.45, 7) is 20.8. The number of rotatable bonds is 7. The van der Waals surface area contributed by atoms with E-state index in [0.29, 0.717) is 28.8 Å². The van der Waals surface area contributed by atoms with Crippen molar-refractivity contribution in [2.75, 3.05) is 23.7 Å². The van der Waals surface area contributed by atoms with Gasteiger partial charge < -0.3 is 39.8 Å². The molecule has 0 spiro atoms. The van der Waals surface area contributed by atoms with E-state index in [-0.39, 0.29) is 48.5 Å². The van der Waals surface area contributed by atoms with Crippen LogP contribution in [0, 0.1) is 5.82 Å². The normalized spacial score (nSPS) is 13.6. The first kappa shape index (κ1) is 52.2. The van der Waals surface area contributed by atoms with Crippen molar-refractivity contribution >= 4 is 65.1 Å². The number of carbonyl (C=O) groups is 6.